The Morgan fingerprint density at radius 3 is 0.701 bits per heavy atom. The third kappa shape index (κ3) is 72.2. The van der Waals surface area contributed by atoms with Crippen LogP contribution in [-0.4, -0.2) is 96.7 Å². The molecule has 19 heteroatoms. The lowest BCUT2D eigenvalue weighted by atomic mass is 10.0. The molecule has 0 radical (unpaired) electrons. The first-order valence-electron chi connectivity index (χ1n) is 40.3. The molecule has 0 saturated carbocycles. The highest BCUT2D eigenvalue weighted by Crippen LogP contribution is 2.45. The third-order valence-corrected chi connectivity index (χ3v) is 20.0. The fourth-order valence-corrected chi connectivity index (χ4v) is 13.5. The molecule has 0 aromatic rings. The maximum absolute atomic E-state index is 13.1. The van der Waals surface area contributed by atoms with Crippen molar-refractivity contribution in [2.75, 3.05) is 39.6 Å². The van der Waals surface area contributed by atoms with Gasteiger partial charge in [-0.2, -0.15) is 0 Å². The summed E-state index contributed by atoms with van der Waals surface area (Å²) in [5.74, 6) is 0.179. The van der Waals surface area contributed by atoms with E-state index < -0.39 is 97.5 Å². The summed E-state index contributed by atoms with van der Waals surface area (Å²) in [7, 11) is -9.91. The second kappa shape index (κ2) is 68.5. The first kappa shape index (κ1) is 95.1. The Labute approximate surface area is 594 Å². The van der Waals surface area contributed by atoms with E-state index in [4.69, 9.17) is 37.0 Å². The largest absolute Gasteiger partial charge is 0.472 e. The van der Waals surface area contributed by atoms with Gasteiger partial charge >= 0.3 is 39.5 Å². The number of phosphoric acid groups is 2. The van der Waals surface area contributed by atoms with E-state index in [9.17, 15) is 43.2 Å². The van der Waals surface area contributed by atoms with Crippen LogP contribution in [0.4, 0.5) is 0 Å². The Morgan fingerprint density at radius 1 is 0.278 bits per heavy atom. The highest BCUT2D eigenvalue weighted by atomic mass is 31.2. The fraction of sp³-hybridized carbons (Fsp3) is 0.949. The van der Waals surface area contributed by atoms with Gasteiger partial charge in [-0.05, 0) is 43.4 Å². The number of ether oxygens (including phenoxy) is 4. The van der Waals surface area contributed by atoms with Crippen LogP contribution in [0.3, 0.4) is 0 Å². The van der Waals surface area contributed by atoms with E-state index in [0.29, 0.717) is 31.6 Å². The second-order valence-electron chi connectivity index (χ2n) is 29.5. The lowest BCUT2D eigenvalue weighted by molar-refractivity contribution is -0.161. The number of phosphoric ester groups is 2. The molecule has 97 heavy (non-hydrogen) atoms. The molecule has 0 aliphatic heterocycles. The van der Waals surface area contributed by atoms with E-state index in [-0.39, 0.29) is 25.7 Å². The van der Waals surface area contributed by atoms with Gasteiger partial charge in [0.15, 0.2) is 12.2 Å². The Balaban J connectivity index is 5.15. The predicted octanol–water partition coefficient (Wildman–Crippen LogP) is 23.0. The molecule has 0 amide bonds. The van der Waals surface area contributed by atoms with Gasteiger partial charge < -0.3 is 33.8 Å². The van der Waals surface area contributed by atoms with E-state index in [1.54, 1.807) is 0 Å². The lowest BCUT2D eigenvalue weighted by Gasteiger charge is -2.21. The van der Waals surface area contributed by atoms with Crippen LogP contribution >= 0.6 is 15.6 Å². The quantitative estimate of drug-likeness (QED) is 0.0222. The number of hydrogen-bond donors (Lipinski definition) is 3. The summed E-state index contributed by atoms with van der Waals surface area (Å²) in [4.78, 5) is 72.7. The number of aliphatic hydroxyl groups excluding tert-OH is 1. The first-order chi connectivity index (χ1) is 46.7. The van der Waals surface area contributed by atoms with E-state index >= 15 is 0 Å². The minimum atomic E-state index is -4.96. The van der Waals surface area contributed by atoms with Crippen LogP contribution in [-0.2, 0) is 65.4 Å². The van der Waals surface area contributed by atoms with Crippen molar-refractivity contribution in [2.45, 2.75) is 420 Å². The van der Waals surface area contributed by atoms with Gasteiger partial charge in [0.05, 0.1) is 26.4 Å². The van der Waals surface area contributed by atoms with E-state index in [1.807, 2.05) is 0 Å². The summed E-state index contributed by atoms with van der Waals surface area (Å²) < 4.78 is 68.4. The van der Waals surface area contributed by atoms with Crippen LogP contribution in [0.5, 0.6) is 0 Å². The SMILES string of the molecule is CCCCCCCCCCC(=O)OC[C@H](COP(=O)(O)OC[C@H](O)COP(=O)(O)OC[C@@H](COC(=O)CCCCCCCCCCCCCCCCCCC(C)C)OC(=O)CCCCCCCCCCCCCCCCCCCCC(C)C)OC(=O)CCCCCCCCC(C)C. The minimum absolute atomic E-state index is 0.102. The van der Waals surface area contributed by atoms with Crippen molar-refractivity contribution in [2.24, 2.45) is 17.8 Å². The van der Waals surface area contributed by atoms with Gasteiger partial charge in [0.2, 0.25) is 0 Å². The molecule has 2 unspecified atom stereocenters. The molecule has 0 bridgehead atoms. The van der Waals surface area contributed by atoms with Crippen LogP contribution in [0, 0.1) is 17.8 Å². The zero-order valence-corrected chi connectivity index (χ0v) is 65.3. The van der Waals surface area contributed by atoms with Crippen molar-refractivity contribution in [1.29, 1.82) is 0 Å². The molecule has 0 saturated heterocycles. The number of carbonyl (C=O) groups is 4. The highest BCUT2D eigenvalue weighted by Gasteiger charge is 2.30. The molecule has 0 heterocycles. The van der Waals surface area contributed by atoms with Crippen molar-refractivity contribution in [1.82, 2.24) is 0 Å². The molecule has 17 nitrogen and oxygen atoms in total. The monoisotopic (exact) mass is 1420 g/mol. The van der Waals surface area contributed by atoms with Crippen molar-refractivity contribution < 1.29 is 80.2 Å². The molecule has 0 aromatic heterocycles. The van der Waals surface area contributed by atoms with Gasteiger partial charge in [-0.15, -0.1) is 0 Å². The van der Waals surface area contributed by atoms with Crippen molar-refractivity contribution >= 4 is 39.5 Å². The third-order valence-electron chi connectivity index (χ3n) is 18.1. The normalized spacial score (nSPS) is 14.0. The molecule has 5 atom stereocenters. The molecule has 0 fully saturated rings. The molecular formula is C78H152O17P2. The van der Waals surface area contributed by atoms with Crippen LogP contribution in [0.25, 0.3) is 0 Å². The first-order valence-corrected chi connectivity index (χ1v) is 43.3. The zero-order chi connectivity index (χ0) is 71.6. The van der Waals surface area contributed by atoms with E-state index in [1.165, 1.54) is 205 Å². The minimum Gasteiger partial charge on any atom is -0.462 e. The molecule has 0 aliphatic carbocycles. The summed E-state index contributed by atoms with van der Waals surface area (Å²) in [6.45, 7) is 11.9. The number of rotatable bonds is 76. The Kier molecular flexibility index (Phi) is 67.1. The second-order valence-corrected chi connectivity index (χ2v) is 32.4. The number of carbonyl (C=O) groups excluding carboxylic acids is 4. The molecule has 0 aromatic carbocycles. The average Bonchev–Trinajstić information content (AvgIpc) is 1.20. The molecule has 0 spiro atoms. The standard InChI is InChI=1S/C78H152O17P2/c1-8-9-10-11-12-37-45-52-59-75(80)88-66-74(95-78(83)62-55-48-41-40-44-51-58-71(6)7)68-93-97(86,87)91-64-72(79)63-90-96(84,85)92-67-73(65-89-76(81)60-53-46-38-33-29-25-21-18-17-20-24-28-32-36-43-50-57-70(4)5)94-77(82)61-54-47-39-34-30-26-22-16-14-13-15-19-23-27-31-35-42-49-56-69(2)3/h69-74,79H,8-68H2,1-7H3,(H,84,85)(H,86,87)/t72-,73-,74-/m1/s1. The van der Waals surface area contributed by atoms with Crippen LogP contribution < -0.4 is 0 Å². The van der Waals surface area contributed by atoms with Gasteiger partial charge in [-0.25, -0.2) is 9.13 Å². The number of esters is 4. The summed E-state index contributed by atoms with van der Waals surface area (Å²) >= 11 is 0. The van der Waals surface area contributed by atoms with Crippen molar-refractivity contribution in [3.8, 4) is 0 Å². The molecule has 0 aliphatic rings. The van der Waals surface area contributed by atoms with Crippen molar-refractivity contribution in [3.63, 3.8) is 0 Å². The summed E-state index contributed by atoms with van der Waals surface area (Å²) in [5.41, 5.74) is 0. The number of unbranched alkanes of at least 4 members (excludes halogenated alkanes) is 44. The Bertz CT molecular complexity index is 1890. The van der Waals surface area contributed by atoms with E-state index in [2.05, 4.69) is 48.5 Å². The van der Waals surface area contributed by atoms with Gasteiger partial charge in [0.1, 0.15) is 19.3 Å². The zero-order valence-electron chi connectivity index (χ0n) is 63.5. The molecule has 576 valence electrons. The van der Waals surface area contributed by atoms with Gasteiger partial charge in [-0.1, -0.05) is 350 Å². The molecule has 0 rings (SSSR count). The average molecular weight is 1420 g/mol. The van der Waals surface area contributed by atoms with Crippen molar-refractivity contribution in [3.05, 3.63) is 0 Å². The predicted molar refractivity (Wildman–Crippen MR) is 395 cm³/mol. The summed E-state index contributed by atoms with van der Waals surface area (Å²) in [6.07, 6.45) is 56.0. The number of hydrogen-bond acceptors (Lipinski definition) is 15. The Morgan fingerprint density at radius 2 is 0.474 bits per heavy atom. The number of aliphatic hydroxyl groups is 1. The van der Waals surface area contributed by atoms with Gasteiger partial charge in [-0.3, -0.25) is 37.3 Å². The van der Waals surface area contributed by atoms with Crippen LogP contribution in [0.1, 0.15) is 402 Å². The summed E-state index contributed by atoms with van der Waals surface area (Å²) in [6, 6.07) is 0. The molecule has 3 N–H and O–H groups in total. The smallest absolute Gasteiger partial charge is 0.462 e. The highest BCUT2D eigenvalue weighted by molar-refractivity contribution is 7.47. The maximum Gasteiger partial charge on any atom is 0.472 e. The van der Waals surface area contributed by atoms with Gasteiger partial charge in [0, 0.05) is 25.7 Å². The fourth-order valence-electron chi connectivity index (χ4n) is 12.0. The van der Waals surface area contributed by atoms with E-state index in [0.717, 1.165) is 108 Å². The lowest BCUT2D eigenvalue weighted by Crippen LogP contribution is -2.30. The molecular weight excluding hydrogens is 1270 g/mol. The topological polar surface area (TPSA) is 237 Å². The van der Waals surface area contributed by atoms with Crippen LogP contribution in [0.15, 0.2) is 0 Å². The van der Waals surface area contributed by atoms with Gasteiger partial charge in [0.25, 0.3) is 0 Å². The van der Waals surface area contributed by atoms with Crippen LogP contribution in [0.2, 0.25) is 0 Å². The maximum atomic E-state index is 13.1. The summed E-state index contributed by atoms with van der Waals surface area (Å²) in [5, 5.41) is 10.6. The Hall–Kier alpha value is -1.94.